The number of esters is 1. The zero-order valence-corrected chi connectivity index (χ0v) is 20.0. The molecule has 2 fully saturated rings. The largest absolute Gasteiger partial charge is 0.461 e. The standard InChI is InChI=1S/C20H32N4O4S2/c1-6-28-18(25)15-16(21-13(2)17(29)22-15)24-9-7-20(8-10-24)12-27-11-14(20)23-30(26)19(3,4)5/h14,23H,6-12H2,1-5H3,(H,22,29). The highest BCUT2D eigenvalue weighted by Crippen LogP contribution is 2.41. The van der Waals surface area contributed by atoms with E-state index in [1.165, 1.54) is 0 Å². The Labute approximate surface area is 185 Å². The number of anilines is 1. The lowest BCUT2D eigenvalue weighted by atomic mass is 9.75. The molecule has 1 spiro atoms. The fourth-order valence-electron chi connectivity index (χ4n) is 3.88. The lowest BCUT2D eigenvalue weighted by Crippen LogP contribution is -2.53. The number of hydrogen-bond acceptors (Lipinski definition) is 7. The first kappa shape index (κ1) is 23.3. The topological polar surface area (TPSA) is 96.6 Å². The van der Waals surface area contributed by atoms with E-state index in [0.29, 0.717) is 48.1 Å². The van der Waals surface area contributed by atoms with Crippen LogP contribution in [-0.4, -0.2) is 63.8 Å². The first-order valence-corrected chi connectivity index (χ1v) is 11.9. The summed E-state index contributed by atoms with van der Waals surface area (Å²) in [5.74, 6) is 0.131. The third kappa shape index (κ3) is 4.76. The Morgan fingerprint density at radius 2 is 2.10 bits per heavy atom. The molecule has 0 bridgehead atoms. The smallest absolute Gasteiger partial charge is 0.358 e. The van der Waals surface area contributed by atoms with E-state index in [2.05, 4.69) is 19.6 Å². The number of H-pyrrole nitrogens is 1. The summed E-state index contributed by atoms with van der Waals surface area (Å²) in [5.41, 5.74) is 0.908. The van der Waals surface area contributed by atoms with Gasteiger partial charge in [-0.15, -0.1) is 0 Å². The SMILES string of the molecule is CCOC(=O)c1[nH]c(=S)c(C)nc1N1CCC2(CC1)COCC2NS(=O)C(C)(C)C. The van der Waals surface area contributed by atoms with Gasteiger partial charge in [0.15, 0.2) is 11.5 Å². The zero-order valence-electron chi connectivity index (χ0n) is 18.4. The Hall–Kier alpha value is -1.36. The van der Waals surface area contributed by atoms with Crippen LogP contribution in [0.1, 0.15) is 56.7 Å². The van der Waals surface area contributed by atoms with Gasteiger partial charge in [0.1, 0.15) is 4.64 Å². The van der Waals surface area contributed by atoms with Crippen LogP contribution in [0.2, 0.25) is 0 Å². The Kier molecular flexibility index (Phi) is 7.01. The normalized spacial score (nSPS) is 22.3. The predicted octanol–water partition coefficient (Wildman–Crippen LogP) is 2.66. The number of carbonyl (C=O) groups is 1. The van der Waals surface area contributed by atoms with Crippen molar-refractivity contribution < 1.29 is 18.5 Å². The van der Waals surface area contributed by atoms with Crippen LogP contribution in [0.5, 0.6) is 0 Å². The van der Waals surface area contributed by atoms with Crippen molar-refractivity contribution in [1.82, 2.24) is 14.7 Å². The Morgan fingerprint density at radius 1 is 1.43 bits per heavy atom. The summed E-state index contributed by atoms with van der Waals surface area (Å²) in [7, 11) is -1.15. The molecule has 3 rings (SSSR count). The van der Waals surface area contributed by atoms with E-state index >= 15 is 0 Å². The maximum atomic E-state index is 12.6. The van der Waals surface area contributed by atoms with Crippen molar-refractivity contribution in [3.8, 4) is 0 Å². The van der Waals surface area contributed by atoms with Crippen LogP contribution in [0.15, 0.2) is 0 Å². The fourth-order valence-corrected chi connectivity index (χ4v) is 4.96. The number of aromatic amines is 1. The van der Waals surface area contributed by atoms with Crippen molar-refractivity contribution in [2.45, 2.75) is 58.2 Å². The summed E-state index contributed by atoms with van der Waals surface area (Å²) in [6, 6.07) is 0.0421. The molecule has 30 heavy (non-hydrogen) atoms. The summed E-state index contributed by atoms with van der Waals surface area (Å²) >= 11 is 5.27. The van der Waals surface area contributed by atoms with Gasteiger partial charge in [-0.05, 0) is 47.5 Å². The van der Waals surface area contributed by atoms with Crippen LogP contribution in [0, 0.1) is 17.0 Å². The van der Waals surface area contributed by atoms with Gasteiger partial charge in [0.2, 0.25) is 0 Å². The summed E-state index contributed by atoms with van der Waals surface area (Å²) in [6.07, 6.45) is 1.70. The Morgan fingerprint density at radius 3 is 2.70 bits per heavy atom. The van der Waals surface area contributed by atoms with Gasteiger partial charge >= 0.3 is 5.97 Å². The predicted molar refractivity (Wildman–Crippen MR) is 120 cm³/mol. The first-order chi connectivity index (χ1) is 14.1. The molecule has 0 aromatic carbocycles. The number of ether oxygens (including phenoxy) is 2. The molecule has 1 aromatic rings. The Balaban J connectivity index is 1.78. The van der Waals surface area contributed by atoms with Gasteiger partial charge in [-0.2, -0.15) is 0 Å². The van der Waals surface area contributed by atoms with Gasteiger partial charge < -0.3 is 19.4 Å². The summed E-state index contributed by atoms with van der Waals surface area (Å²) in [6.45, 7) is 12.4. The molecule has 2 aliphatic heterocycles. The summed E-state index contributed by atoms with van der Waals surface area (Å²) < 4.78 is 27.1. The van der Waals surface area contributed by atoms with Gasteiger partial charge in [-0.1, -0.05) is 12.2 Å². The maximum absolute atomic E-state index is 12.6. The highest BCUT2D eigenvalue weighted by molar-refractivity contribution is 7.84. The number of aromatic nitrogens is 2. The van der Waals surface area contributed by atoms with Crippen molar-refractivity contribution in [3.05, 3.63) is 16.0 Å². The monoisotopic (exact) mass is 456 g/mol. The van der Waals surface area contributed by atoms with E-state index < -0.39 is 17.0 Å². The van der Waals surface area contributed by atoms with Gasteiger partial charge in [0, 0.05) is 18.5 Å². The van der Waals surface area contributed by atoms with Crippen LogP contribution in [-0.2, 0) is 20.5 Å². The molecular weight excluding hydrogens is 424 g/mol. The van der Waals surface area contributed by atoms with Crippen LogP contribution in [0.25, 0.3) is 0 Å². The van der Waals surface area contributed by atoms with Crippen molar-refractivity contribution in [1.29, 1.82) is 0 Å². The van der Waals surface area contributed by atoms with Crippen LogP contribution in [0.3, 0.4) is 0 Å². The summed E-state index contributed by atoms with van der Waals surface area (Å²) in [4.78, 5) is 22.2. The number of hydrogen-bond donors (Lipinski definition) is 2. The molecule has 2 unspecified atom stereocenters. The van der Waals surface area contributed by atoms with E-state index in [1.54, 1.807) is 6.92 Å². The van der Waals surface area contributed by atoms with Gasteiger partial charge in [0.05, 0.1) is 47.3 Å². The number of carbonyl (C=O) groups excluding carboxylic acids is 1. The number of piperidine rings is 1. The van der Waals surface area contributed by atoms with Crippen LogP contribution < -0.4 is 9.62 Å². The second-order valence-electron chi connectivity index (χ2n) is 8.99. The molecule has 2 N–H and O–H groups in total. The van der Waals surface area contributed by atoms with Crippen molar-refractivity contribution in [2.24, 2.45) is 5.41 Å². The highest BCUT2D eigenvalue weighted by atomic mass is 32.2. The van der Waals surface area contributed by atoms with Crippen molar-refractivity contribution >= 4 is 35.0 Å². The molecule has 3 heterocycles. The molecule has 10 heteroatoms. The molecule has 2 saturated heterocycles. The molecule has 2 aliphatic rings. The summed E-state index contributed by atoms with van der Waals surface area (Å²) in [5, 5.41) is 0. The fraction of sp³-hybridized carbons (Fsp3) is 0.750. The lowest BCUT2D eigenvalue weighted by Gasteiger charge is -2.43. The number of nitrogens with one attached hydrogen (secondary N) is 2. The van der Waals surface area contributed by atoms with Gasteiger partial charge in [-0.3, -0.25) is 0 Å². The minimum Gasteiger partial charge on any atom is -0.461 e. The molecule has 0 saturated carbocycles. The van der Waals surface area contributed by atoms with Crippen LogP contribution in [0.4, 0.5) is 5.82 Å². The third-order valence-corrected chi connectivity index (χ3v) is 7.83. The van der Waals surface area contributed by atoms with Gasteiger partial charge in [0.25, 0.3) is 0 Å². The van der Waals surface area contributed by atoms with Gasteiger partial charge in [-0.25, -0.2) is 18.7 Å². The van der Waals surface area contributed by atoms with Crippen molar-refractivity contribution in [3.63, 3.8) is 0 Å². The first-order valence-electron chi connectivity index (χ1n) is 10.4. The second-order valence-corrected chi connectivity index (χ2v) is 11.4. The zero-order chi connectivity index (χ0) is 22.1. The number of nitrogens with zero attached hydrogens (tertiary/aromatic N) is 2. The molecule has 8 nitrogen and oxygen atoms in total. The number of aryl methyl sites for hydroxylation is 1. The van der Waals surface area contributed by atoms with E-state index in [4.69, 9.17) is 21.7 Å². The average molecular weight is 457 g/mol. The van der Waals surface area contributed by atoms with E-state index in [-0.39, 0.29) is 22.8 Å². The molecule has 0 radical (unpaired) electrons. The molecule has 2 atom stereocenters. The molecule has 1 aromatic heterocycles. The van der Waals surface area contributed by atoms with Crippen molar-refractivity contribution in [2.75, 3.05) is 37.8 Å². The molecule has 0 aliphatic carbocycles. The number of rotatable bonds is 5. The molecule has 0 amide bonds. The highest BCUT2D eigenvalue weighted by Gasteiger charge is 2.47. The van der Waals surface area contributed by atoms with E-state index in [1.807, 2.05) is 27.7 Å². The average Bonchev–Trinajstić information content (AvgIpc) is 3.05. The minimum absolute atomic E-state index is 0.0421. The second kappa shape index (κ2) is 9.02. The maximum Gasteiger partial charge on any atom is 0.358 e. The minimum atomic E-state index is -1.15. The third-order valence-electron chi connectivity index (χ3n) is 5.82. The van der Waals surface area contributed by atoms with E-state index in [0.717, 1.165) is 12.8 Å². The lowest BCUT2D eigenvalue weighted by molar-refractivity contribution is 0.0519. The van der Waals surface area contributed by atoms with Crippen LogP contribution >= 0.6 is 12.2 Å². The molecular formula is C20H32N4O4S2. The molecule has 168 valence electrons. The Bertz CT molecular complexity index is 873. The quantitative estimate of drug-likeness (QED) is 0.519. The van der Waals surface area contributed by atoms with E-state index in [9.17, 15) is 9.00 Å².